The van der Waals surface area contributed by atoms with E-state index in [0.29, 0.717) is 5.76 Å². The van der Waals surface area contributed by atoms with Gasteiger partial charge in [-0.05, 0) is 20.8 Å². The highest BCUT2D eigenvalue weighted by atomic mass is 16.5. The van der Waals surface area contributed by atoms with Crippen molar-refractivity contribution >= 4 is 0 Å². The molecule has 0 atom stereocenters. The standard InChI is InChI=1S/C7H11NO2/c1-5(2)8-7(9)4-6(3)10-8/h4-5H,1-3H3. The fourth-order valence-electron chi connectivity index (χ4n) is 0.824. The Bertz CT molecular complexity index is 269. The zero-order valence-corrected chi connectivity index (χ0v) is 6.42. The van der Waals surface area contributed by atoms with Crippen molar-refractivity contribution in [3.05, 3.63) is 22.2 Å². The van der Waals surface area contributed by atoms with Crippen molar-refractivity contribution in [2.45, 2.75) is 26.8 Å². The highest BCUT2D eigenvalue weighted by Gasteiger charge is 2.04. The minimum Gasteiger partial charge on any atom is -0.381 e. The third-order valence-corrected chi connectivity index (χ3v) is 1.26. The average Bonchev–Trinajstić information content (AvgIpc) is 2.10. The van der Waals surface area contributed by atoms with Crippen LogP contribution in [0.1, 0.15) is 25.6 Å². The number of nitrogens with zero attached hydrogens (tertiary/aromatic N) is 1. The average molecular weight is 141 g/mol. The minimum atomic E-state index is -0.0625. The Morgan fingerprint density at radius 2 is 2.20 bits per heavy atom. The summed E-state index contributed by atoms with van der Waals surface area (Å²) in [5, 5.41) is 0. The van der Waals surface area contributed by atoms with E-state index < -0.39 is 0 Å². The summed E-state index contributed by atoms with van der Waals surface area (Å²) in [6, 6.07) is 1.60. The van der Waals surface area contributed by atoms with E-state index in [1.54, 1.807) is 6.92 Å². The van der Waals surface area contributed by atoms with Crippen molar-refractivity contribution < 1.29 is 4.52 Å². The topological polar surface area (TPSA) is 35.1 Å². The Kier molecular flexibility index (Phi) is 1.66. The molecule has 1 heterocycles. The van der Waals surface area contributed by atoms with Gasteiger partial charge in [0.1, 0.15) is 5.76 Å². The molecule has 0 saturated heterocycles. The van der Waals surface area contributed by atoms with Crippen LogP contribution in [0.15, 0.2) is 15.4 Å². The third kappa shape index (κ3) is 1.12. The van der Waals surface area contributed by atoms with Gasteiger partial charge < -0.3 is 4.52 Å². The van der Waals surface area contributed by atoms with Crippen molar-refractivity contribution in [1.82, 2.24) is 4.74 Å². The summed E-state index contributed by atoms with van der Waals surface area (Å²) in [6.45, 7) is 5.58. The Morgan fingerprint density at radius 1 is 1.60 bits per heavy atom. The van der Waals surface area contributed by atoms with Crippen molar-refractivity contribution in [2.75, 3.05) is 0 Å². The lowest BCUT2D eigenvalue weighted by atomic mass is 10.4. The van der Waals surface area contributed by atoms with Crippen LogP contribution in [0.3, 0.4) is 0 Å². The second-order valence-electron chi connectivity index (χ2n) is 2.60. The maximum atomic E-state index is 11.0. The number of aryl methyl sites for hydroxylation is 1. The zero-order chi connectivity index (χ0) is 7.72. The SMILES string of the molecule is Cc1cc(=O)n(C(C)C)o1. The van der Waals surface area contributed by atoms with Gasteiger partial charge in [0.15, 0.2) is 0 Å². The molecule has 1 aromatic rings. The lowest BCUT2D eigenvalue weighted by molar-refractivity contribution is 0.221. The van der Waals surface area contributed by atoms with Crippen LogP contribution in [0.25, 0.3) is 0 Å². The second-order valence-corrected chi connectivity index (χ2v) is 2.60. The zero-order valence-electron chi connectivity index (χ0n) is 6.42. The third-order valence-electron chi connectivity index (χ3n) is 1.26. The Hall–Kier alpha value is -0.990. The Labute approximate surface area is 59.2 Å². The van der Waals surface area contributed by atoms with E-state index in [1.165, 1.54) is 10.8 Å². The van der Waals surface area contributed by atoms with Crippen molar-refractivity contribution in [3.63, 3.8) is 0 Å². The van der Waals surface area contributed by atoms with Crippen molar-refractivity contribution in [3.8, 4) is 0 Å². The van der Waals surface area contributed by atoms with Gasteiger partial charge in [0.05, 0.1) is 6.04 Å². The van der Waals surface area contributed by atoms with Crippen LogP contribution < -0.4 is 5.56 Å². The van der Waals surface area contributed by atoms with Gasteiger partial charge >= 0.3 is 0 Å². The maximum absolute atomic E-state index is 11.0. The Morgan fingerprint density at radius 3 is 2.40 bits per heavy atom. The molecule has 0 bridgehead atoms. The molecule has 0 amide bonds. The van der Waals surface area contributed by atoms with Crippen LogP contribution >= 0.6 is 0 Å². The molecule has 56 valence electrons. The first-order valence-corrected chi connectivity index (χ1v) is 3.30. The summed E-state index contributed by atoms with van der Waals surface area (Å²) in [5.74, 6) is 0.665. The maximum Gasteiger partial charge on any atom is 0.282 e. The van der Waals surface area contributed by atoms with Crippen LogP contribution in [0.2, 0.25) is 0 Å². The predicted octanol–water partition coefficient (Wildman–Crippen LogP) is 1.33. The number of rotatable bonds is 1. The fourth-order valence-corrected chi connectivity index (χ4v) is 0.824. The van der Waals surface area contributed by atoms with E-state index in [4.69, 9.17) is 4.52 Å². The monoisotopic (exact) mass is 141 g/mol. The molecule has 0 saturated carbocycles. The number of hydrogen-bond acceptors (Lipinski definition) is 2. The summed E-state index contributed by atoms with van der Waals surface area (Å²) in [6.07, 6.45) is 0. The van der Waals surface area contributed by atoms with Gasteiger partial charge in [-0.15, -0.1) is 0 Å². The molecule has 0 N–H and O–H groups in total. The van der Waals surface area contributed by atoms with Crippen molar-refractivity contribution in [2.24, 2.45) is 0 Å². The van der Waals surface area contributed by atoms with Crippen LogP contribution in [0, 0.1) is 6.92 Å². The second kappa shape index (κ2) is 2.33. The summed E-state index contributed by atoms with van der Waals surface area (Å²) < 4.78 is 6.44. The first kappa shape index (κ1) is 7.12. The van der Waals surface area contributed by atoms with E-state index in [-0.39, 0.29) is 11.6 Å². The molecule has 0 aliphatic rings. The molecule has 0 aliphatic carbocycles. The van der Waals surface area contributed by atoms with Gasteiger partial charge in [-0.1, -0.05) is 0 Å². The van der Waals surface area contributed by atoms with E-state index in [9.17, 15) is 4.79 Å². The Balaban J connectivity index is 3.16. The van der Waals surface area contributed by atoms with Crippen molar-refractivity contribution in [1.29, 1.82) is 0 Å². The summed E-state index contributed by atoms with van der Waals surface area (Å²) >= 11 is 0. The highest BCUT2D eigenvalue weighted by Crippen LogP contribution is 2.01. The van der Waals surface area contributed by atoms with E-state index in [1.807, 2.05) is 13.8 Å². The quantitative estimate of drug-likeness (QED) is 0.591. The number of aromatic nitrogens is 1. The molecule has 0 unspecified atom stereocenters. The van der Waals surface area contributed by atoms with Gasteiger partial charge in [0, 0.05) is 6.07 Å². The molecule has 0 aromatic carbocycles. The van der Waals surface area contributed by atoms with E-state index in [2.05, 4.69) is 0 Å². The normalized spacial score (nSPS) is 10.8. The summed E-state index contributed by atoms with van der Waals surface area (Å²) in [4.78, 5) is 11.0. The van der Waals surface area contributed by atoms with Crippen LogP contribution in [-0.2, 0) is 0 Å². The number of hydrogen-bond donors (Lipinski definition) is 0. The molecule has 0 radical (unpaired) electrons. The van der Waals surface area contributed by atoms with Crippen LogP contribution in [-0.4, -0.2) is 4.74 Å². The fraction of sp³-hybridized carbons (Fsp3) is 0.571. The molecule has 0 fully saturated rings. The van der Waals surface area contributed by atoms with Gasteiger partial charge in [-0.2, -0.15) is 4.74 Å². The highest BCUT2D eigenvalue weighted by molar-refractivity contribution is 4.91. The molecule has 0 aliphatic heterocycles. The van der Waals surface area contributed by atoms with Gasteiger partial charge in [0.25, 0.3) is 5.56 Å². The van der Waals surface area contributed by atoms with Crippen LogP contribution in [0.4, 0.5) is 0 Å². The largest absolute Gasteiger partial charge is 0.381 e. The molecule has 10 heavy (non-hydrogen) atoms. The van der Waals surface area contributed by atoms with Gasteiger partial charge in [-0.3, -0.25) is 4.79 Å². The van der Waals surface area contributed by atoms with Gasteiger partial charge in [-0.25, -0.2) is 0 Å². The molecule has 0 spiro atoms. The lowest BCUT2D eigenvalue weighted by Gasteiger charge is -2.00. The molecule has 3 heteroatoms. The first-order chi connectivity index (χ1) is 4.61. The summed E-state index contributed by atoms with van der Waals surface area (Å²) in [5.41, 5.74) is -0.0625. The lowest BCUT2D eigenvalue weighted by Crippen LogP contribution is -2.14. The molecule has 3 nitrogen and oxygen atoms in total. The minimum absolute atomic E-state index is 0.0625. The van der Waals surface area contributed by atoms with E-state index in [0.717, 1.165) is 0 Å². The molecular weight excluding hydrogens is 130 g/mol. The molecular formula is C7H11NO2. The molecule has 1 aromatic heterocycles. The van der Waals surface area contributed by atoms with E-state index >= 15 is 0 Å². The summed E-state index contributed by atoms with van der Waals surface area (Å²) in [7, 11) is 0. The predicted molar refractivity (Wildman–Crippen MR) is 38.1 cm³/mol. The van der Waals surface area contributed by atoms with Gasteiger partial charge in [0.2, 0.25) is 0 Å². The smallest absolute Gasteiger partial charge is 0.282 e. The molecule has 1 rings (SSSR count). The van der Waals surface area contributed by atoms with Crippen LogP contribution in [0.5, 0.6) is 0 Å². The first-order valence-electron chi connectivity index (χ1n) is 3.30.